The summed E-state index contributed by atoms with van der Waals surface area (Å²) in [5.41, 5.74) is 0. The van der Waals surface area contributed by atoms with E-state index in [0.717, 1.165) is 13.1 Å². The molecule has 0 spiro atoms. The van der Waals surface area contributed by atoms with Gasteiger partial charge in [0.2, 0.25) is 0 Å². The molecular weight excluding hydrogens is 168 g/mol. The Kier molecular flexibility index (Phi) is 6.63. The monoisotopic (exact) mass is 183 g/mol. The van der Waals surface area contributed by atoms with Gasteiger partial charge in [-0.05, 0) is 0 Å². The molecule has 0 unspecified atom stereocenters. The summed E-state index contributed by atoms with van der Waals surface area (Å²) in [7, 11) is 0. The molecule has 1 radical (unpaired) electrons. The van der Waals surface area contributed by atoms with Crippen LogP contribution >= 0.6 is 0 Å². The molecule has 0 atom stereocenters. The van der Waals surface area contributed by atoms with E-state index in [0.29, 0.717) is 13.1 Å². The topological polar surface area (TPSA) is 54.6 Å². The fourth-order valence-corrected chi connectivity index (χ4v) is 0.909. The zero-order chi connectivity index (χ0) is 10.1. The summed E-state index contributed by atoms with van der Waals surface area (Å²) in [5, 5.41) is 11.6. The standard InChI is InChI=1S/C9H15N2O2/c1-3-6-11(7-4-2)8-5-10-9(12)13/h3-4H,1-2,5-8H2,(H,12,13). The van der Waals surface area contributed by atoms with Gasteiger partial charge in [0.15, 0.2) is 0 Å². The maximum Gasteiger partial charge on any atom is 0.426 e. The Morgan fingerprint density at radius 2 is 1.92 bits per heavy atom. The molecule has 0 saturated heterocycles. The van der Waals surface area contributed by atoms with Crippen molar-refractivity contribution in [2.75, 3.05) is 26.2 Å². The molecule has 0 aliphatic carbocycles. The highest BCUT2D eigenvalue weighted by molar-refractivity contribution is 5.63. The largest absolute Gasteiger partial charge is 0.464 e. The highest BCUT2D eigenvalue weighted by Gasteiger charge is 2.02. The van der Waals surface area contributed by atoms with E-state index in [4.69, 9.17) is 5.11 Å². The van der Waals surface area contributed by atoms with Gasteiger partial charge in [0.25, 0.3) is 0 Å². The van der Waals surface area contributed by atoms with Gasteiger partial charge in [0, 0.05) is 19.6 Å². The SMILES string of the molecule is C=CCN(CC=C)CC[N]C(=O)O. The Morgan fingerprint density at radius 3 is 2.31 bits per heavy atom. The summed E-state index contributed by atoms with van der Waals surface area (Å²) in [6.07, 6.45) is 2.42. The van der Waals surface area contributed by atoms with Crippen molar-refractivity contribution in [3.8, 4) is 0 Å². The molecular formula is C9H15N2O2. The normalized spacial score (nSPS) is 9.62. The van der Waals surface area contributed by atoms with E-state index in [1.54, 1.807) is 12.2 Å². The lowest BCUT2D eigenvalue weighted by atomic mass is 10.4. The minimum Gasteiger partial charge on any atom is -0.464 e. The van der Waals surface area contributed by atoms with Gasteiger partial charge in [-0.25, -0.2) is 10.1 Å². The molecule has 1 N–H and O–H groups in total. The molecule has 0 aromatic carbocycles. The second-order valence-corrected chi connectivity index (χ2v) is 2.50. The lowest BCUT2D eigenvalue weighted by molar-refractivity contribution is 0.191. The number of carboxylic acid groups (broad SMARTS) is 1. The summed E-state index contributed by atoms with van der Waals surface area (Å²) < 4.78 is 0. The predicted octanol–water partition coefficient (Wildman–Crippen LogP) is 0.943. The lowest BCUT2D eigenvalue weighted by Gasteiger charge is -2.17. The van der Waals surface area contributed by atoms with Crippen LogP contribution in [0.5, 0.6) is 0 Å². The second-order valence-electron chi connectivity index (χ2n) is 2.50. The Bertz CT molecular complexity index is 170. The first-order valence-electron chi connectivity index (χ1n) is 4.05. The molecule has 0 aliphatic rings. The van der Waals surface area contributed by atoms with Crippen molar-refractivity contribution in [3.63, 3.8) is 0 Å². The zero-order valence-electron chi connectivity index (χ0n) is 7.65. The van der Waals surface area contributed by atoms with Crippen LogP contribution in [0.1, 0.15) is 0 Å². The van der Waals surface area contributed by atoms with Crippen molar-refractivity contribution in [2.24, 2.45) is 0 Å². The number of amides is 1. The Hall–Kier alpha value is -1.29. The summed E-state index contributed by atoms with van der Waals surface area (Å²) >= 11 is 0. The van der Waals surface area contributed by atoms with E-state index in [1.165, 1.54) is 0 Å². The molecule has 0 aliphatic heterocycles. The maximum atomic E-state index is 10.1. The molecule has 0 rings (SSSR count). The van der Waals surface area contributed by atoms with Crippen molar-refractivity contribution in [3.05, 3.63) is 25.3 Å². The van der Waals surface area contributed by atoms with Gasteiger partial charge in [-0.1, -0.05) is 12.2 Å². The van der Waals surface area contributed by atoms with Gasteiger partial charge in [0.05, 0.1) is 6.54 Å². The second kappa shape index (κ2) is 7.36. The van der Waals surface area contributed by atoms with Crippen LogP contribution in [0.2, 0.25) is 0 Å². The van der Waals surface area contributed by atoms with E-state index in [2.05, 4.69) is 18.5 Å². The van der Waals surface area contributed by atoms with Crippen molar-refractivity contribution >= 4 is 6.09 Å². The molecule has 4 heteroatoms. The van der Waals surface area contributed by atoms with Crippen LogP contribution in [-0.2, 0) is 0 Å². The zero-order valence-corrected chi connectivity index (χ0v) is 7.65. The molecule has 13 heavy (non-hydrogen) atoms. The number of hydrogen-bond acceptors (Lipinski definition) is 2. The van der Waals surface area contributed by atoms with Crippen LogP contribution in [0.3, 0.4) is 0 Å². The van der Waals surface area contributed by atoms with Crippen molar-refractivity contribution in [1.29, 1.82) is 0 Å². The van der Waals surface area contributed by atoms with E-state index < -0.39 is 6.09 Å². The minimum absolute atomic E-state index is 0.303. The molecule has 0 heterocycles. The Balaban J connectivity index is 3.60. The number of hydrogen-bond donors (Lipinski definition) is 1. The number of rotatable bonds is 7. The fourth-order valence-electron chi connectivity index (χ4n) is 0.909. The molecule has 0 aromatic rings. The van der Waals surface area contributed by atoms with Crippen LogP contribution in [0.25, 0.3) is 0 Å². The average molecular weight is 183 g/mol. The third kappa shape index (κ3) is 7.08. The first-order chi connectivity index (χ1) is 6.20. The third-order valence-corrected chi connectivity index (χ3v) is 1.44. The lowest BCUT2D eigenvalue weighted by Crippen LogP contribution is -2.31. The van der Waals surface area contributed by atoms with E-state index in [-0.39, 0.29) is 0 Å². The van der Waals surface area contributed by atoms with Gasteiger partial charge < -0.3 is 5.11 Å². The van der Waals surface area contributed by atoms with E-state index in [9.17, 15) is 4.79 Å². The fraction of sp³-hybridized carbons (Fsp3) is 0.444. The quantitative estimate of drug-likeness (QED) is 0.598. The van der Waals surface area contributed by atoms with Crippen LogP contribution in [0.4, 0.5) is 4.79 Å². The van der Waals surface area contributed by atoms with Gasteiger partial charge in [-0.3, -0.25) is 4.90 Å². The smallest absolute Gasteiger partial charge is 0.426 e. The van der Waals surface area contributed by atoms with E-state index in [1.807, 2.05) is 4.90 Å². The van der Waals surface area contributed by atoms with Crippen LogP contribution < -0.4 is 5.32 Å². The summed E-state index contributed by atoms with van der Waals surface area (Å²) in [6.45, 7) is 9.57. The van der Waals surface area contributed by atoms with Gasteiger partial charge in [-0.2, -0.15) is 0 Å². The summed E-state index contributed by atoms with van der Waals surface area (Å²) in [6, 6.07) is 0. The van der Waals surface area contributed by atoms with Gasteiger partial charge in [-0.15, -0.1) is 13.2 Å². The minimum atomic E-state index is -1.11. The van der Waals surface area contributed by atoms with Gasteiger partial charge in [0.1, 0.15) is 0 Å². The number of nitrogens with zero attached hydrogens (tertiary/aromatic N) is 2. The predicted molar refractivity (Wildman–Crippen MR) is 51.9 cm³/mol. The van der Waals surface area contributed by atoms with Crippen molar-refractivity contribution < 1.29 is 9.90 Å². The van der Waals surface area contributed by atoms with Gasteiger partial charge >= 0.3 is 6.09 Å². The maximum absolute atomic E-state index is 10.1. The molecule has 4 nitrogen and oxygen atoms in total. The average Bonchev–Trinajstić information content (AvgIpc) is 2.04. The molecule has 0 fully saturated rings. The van der Waals surface area contributed by atoms with Crippen molar-refractivity contribution in [1.82, 2.24) is 10.2 Å². The first kappa shape index (κ1) is 11.7. The van der Waals surface area contributed by atoms with E-state index >= 15 is 0 Å². The third-order valence-electron chi connectivity index (χ3n) is 1.44. The molecule has 0 saturated carbocycles. The highest BCUT2D eigenvalue weighted by Crippen LogP contribution is 1.87. The molecule has 0 bridgehead atoms. The molecule has 73 valence electrons. The Morgan fingerprint density at radius 1 is 1.38 bits per heavy atom. The molecule has 0 aromatic heterocycles. The summed E-state index contributed by atoms with van der Waals surface area (Å²) in [4.78, 5) is 12.1. The Labute approximate surface area is 78.5 Å². The summed E-state index contributed by atoms with van der Waals surface area (Å²) in [5.74, 6) is 0. The molecule has 1 amide bonds. The van der Waals surface area contributed by atoms with Crippen LogP contribution in [0.15, 0.2) is 25.3 Å². The number of carbonyl (C=O) groups is 1. The first-order valence-corrected chi connectivity index (χ1v) is 4.05. The highest BCUT2D eigenvalue weighted by atomic mass is 16.4. The van der Waals surface area contributed by atoms with Crippen molar-refractivity contribution in [2.45, 2.75) is 0 Å². The van der Waals surface area contributed by atoms with Crippen LogP contribution in [0, 0.1) is 0 Å². The van der Waals surface area contributed by atoms with Crippen LogP contribution in [-0.4, -0.2) is 42.3 Å².